The van der Waals surface area contributed by atoms with E-state index in [0.717, 1.165) is 0 Å². The fourth-order valence-corrected chi connectivity index (χ4v) is 2.13. The lowest BCUT2D eigenvalue weighted by Crippen LogP contribution is -2.42. The van der Waals surface area contributed by atoms with Gasteiger partial charge >= 0.3 is 5.97 Å². The Balaban J connectivity index is 4.54. The number of carbonyl (C=O) groups is 1. The predicted octanol–water partition coefficient (Wildman–Crippen LogP) is 0.591. The number of nitrogens with one attached hydrogen (secondary N) is 1. The van der Waals surface area contributed by atoms with Gasteiger partial charge in [0.2, 0.25) is 10.0 Å². The molecule has 0 bridgehead atoms. The molecule has 2 N–H and O–H groups in total. The average Bonchev–Trinajstić information content (AvgIpc) is 2.00. The predicted molar refractivity (Wildman–Crippen MR) is 58.0 cm³/mol. The molecule has 0 aromatic rings. The second-order valence-corrected chi connectivity index (χ2v) is 5.51. The third-order valence-electron chi connectivity index (χ3n) is 1.66. The van der Waals surface area contributed by atoms with E-state index in [2.05, 4.69) is 11.3 Å². The van der Waals surface area contributed by atoms with Crippen molar-refractivity contribution in [1.29, 1.82) is 0 Å². The molecular formula is C9H17NO4S. The smallest absolute Gasteiger partial charge is 0.321 e. The van der Waals surface area contributed by atoms with Gasteiger partial charge in [-0.3, -0.25) is 4.79 Å². The molecule has 0 saturated heterocycles. The van der Waals surface area contributed by atoms with Gasteiger partial charge in [-0.15, -0.1) is 6.58 Å². The van der Waals surface area contributed by atoms with E-state index in [0.29, 0.717) is 0 Å². The normalized spacial score (nSPS) is 13.8. The minimum atomic E-state index is -3.57. The first-order valence-corrected chi connectivity index (χ1v) is 6.27. The second kappa shape index (κ2) is 5.87. The fraction of sp³-hybridized carbons (Fsp3) is 0.667. The van der Waals surface area contributed by atoms with Crippen LogP contribution in [0.25, 0.3) is 0 Å². The van der Waals surface area contributed by atoms with Crippen molar-refractivity contribution in [1.82, 2.24) is 4.72 Å². The van der Waals surface area contributed by atoms with Crippen molar-refractivity contribution >= 4 is 16.0 Å². The van der Waals surface area contributed by atoms with Gasteiger partial charge in [-0.2, -0.15) is 0 Å². The number of hydrogen-bond acceptors (Lipinski definition) is 3. The highest BCUT2D eigenvalue weighted by atomic mass is 32.2. The lowest BCUT2D eigenvalue weighted by Gasteiger charge is -2.15. The van der Waals surface area contributed by atoms with Crippen LogP contribution in [0.2, 0.25) is 0 Å². The van der Waals surface area contributed by atoms with E-state index < -0.39 is 22.0 Å². The van der Waals surface area contributed by atoms with Crippen LogP contribution in [0, 0.1) is 5.92 Å². The largest absolute Gasteiger partial charge is 0.480 e. The van der Waals surface area contributed by atoms with Crippen molar-refractivity contribution < 1.29 is 18.3 Å². The summed E-state index contributed by atoms with van der Waals surface area (Å²) in [6, 6.07) is -1.06. The molecule has 0 radical (unpaired) electrons. The summed E-state index contributed by atoms with van der Waals surface area (Å²) in [5.74, 6) is -1.32. The summed E-state index contributed by atoms with van der Waals surface area (Å²) >= 11 is 0. The molecule has 0 aromatic carbocycles. The van der Waals surface area contributed by atoms with Crippen LogP contribution < -0.4 is 4.72 Å². The lowest BCUT2D eigenvalue weighted by molar-refractivity contribution is -0.139. The molecule has 0 aromatic heterocycles. The summed E-state index contributed by atoms with van der Waals surface area (Å²) in [5.41, 5.74) is 0. The van der Waals surface area contributed by atoms with Gasteiger partial charge in [0.05, 0.1) is 5.75 Å². The van der Waals surface area contributed by atoms with E-state index in [4.69, 9.17) is 5.11 Å². The minimum absolute atomic E-state index is 0.109. The maximum Gasteiger partial charge on any atom is 0.321 e. The summed E-state index contributed by atoms with van der Waals surface area (Å²) in [6.45, 7) is 6.95. The summed E-state index contributed by atoms with van der Waals surface area (Å²) in [5, 5.41) is 8.80. The molecule has 0 unspecified atom stereocenters. The molecule has 1 atom stereocenters. The van der Waals surface area contributed by atoms with E-state index in [9.17, 15) is 13.2 Å². The monoisotopic (exact) mass is 235 g/mol. The number of sulfonamides is 1. The zero-order valence-corrected chi connectivity index (χ0v) is 9.75. The van der Waals surface area contributed by atoms with E-state index in [1.54, 1.807) is 0 Å². The molecule has 0 amide bonds. The number of carboxylic acids is 1. The highest BCUT2D eigenvalue weighted by molar-refractivity contribution is 7.89. The van der Waals surface area contributed by atoms with Gasteiger partial charge in [0.1, 0.15) is 6.04 Å². The molecule has 0 heterocycles. The summed E-state index contributed by atoms with van der Waals surface area (Å²) in [6.07, 6.45) is 1.49. The highest BCUT2D eigenvalue weighted by Gasteiger charge is 2.23. The van der Waals surface area contributed by atoms with Crippen molar-refractivity contribution in [3.63, 3.8) is 0 Å². The molecule has 0 aliphatic heterocycles. The first kappa shape index (κ1) is 14.1. The Kier molecular flexibility index (Phi) is 5.53. The van der Waals surface area contributed by atoms with Crippen LogP contribution in [-0.2, 0) is 14.8 Å². The molecule has 15 heavy (non-hydrogen) atoms. The SMILES string of the molecule is C=CCS(=O)(=O)N[C@H](CC(C)C)C(=O)O. The Morgan fingerprint density at radius 3 is 2.40 bits per heavy atom. The van der Waals surface area contributed by atoms with Crippen molar-refractivity contribution in [3.05, 3.63) is 12.7 Å². The Morgan fingerprint density at radius 1 is 1.53 bits per heavy atom. The van der Waals surface area contributed by atoms with Gasteiger partial charge in [-0.05, 0) is 12.3 Å². The van der Waals surface area contributed by atoms with Crippen LogP contribution >= 0.6 is 0 Å². The van der Waals surface area contributed by atoms with Crippen LogP contribution in [0.5, 0.6) is 0 Å². The van der Waals surface area contributed by atoms with Gasteiger partial charge in [-0.25, -0.2) is 13.1 Å². The molecule has 5 nitrogen and oxygen atoms in total. The third kappa shape index (κ3) is 6.24. The Hall–Kier alpha value is -0.880. The average molecular weight is 235 g/mol. The number of rotatable bonds is 7. The quantitative estimate of drug-likeness (QED) is 0.633. The Bertz CT molecular complexity index is 321. The van der Waals surface area contributed by atoms with Gasteiger partial charge in [0, 0.05) is 0 Å². The van der Waals surface area contributed by atoms with Gasteiger partial charge in [-0.1, -0.05) is 19.9 Å². The molecular weight excluding hydrogens is 218 g/mol. The van der Waals surface area contributed by atoms with Gasteiger partial charge < -0.3 is 5.11 Å². The van der Waals surface area contributed by atoms with Crippen molar-refractivity contribution in [3.8, 4) is 0 Å². The maximum atomic E-state index is 11.3. The zero-order chi connectivity index (χ0) is 12.1. The topological polar surface area (TPSA) is 83.5 Å². The Morgan fingerprint density at radius 2 is 2.07 bits per heavy atom. The van der Waals surface area contributed by atoms with E-state index >= 15 is 0 Å². The molecule has 88 valence electrons. The molecule has 0 saturated carbocycles. The summed E-state index contributed by atoms with van der Waals surface area (Å²) in [7, 11) is -3.57. The van der Waals surface area contributed by atoms with Gasteiger partial charge in [0.25, 0.3) is 0 Å². The minimum Gasteiger partial charge on any atom is -0.480 e. The molecule has 0 spiro atoms. The Labute approximate surface area is 90.2 Å². The molecule has 6 heteroatoms. The first-order valence-electron chi connectivity index (χ1n) is 4.62. The van der Waals surface area contributed by atoms with E-state index in [1.807, 2.05) is 13.8 Å². The second-order valence-electron chi connectivity index (χ2n) is 3.71. The molecule has 0 aliphatic rings. The zero-order valence-electron chi connectivity index (χ0n) is 8.93. The van der Waals surface area contributed by atoms with Crippen molar-refractivity contribution in [2.45, 2.75) is 26.3 Å². The fourth-order valence-electron chi connectivity index (χ4n) is 1.09. The lowest BCUT2D eigenvalue weighted by atomic mass is 10.1. The summed E-state index contributed by atoms with van der Waals surface area (Å²) in [4.78, 5) is 10.8. The first-order chi connectivity index (χ1) is 6.78. The van der Waals surface area contributed by atoms with Gasteiger partial charge in [0.15, 0.2) is 0 Å². The van der Waals surface area contributed by atoms with Crippen molar-refractivity contribution in [2.75, 3.05) is 5.75 Å². The van der Waals surface area contributed by atoms with Crippen LogP contribution in [0.1, 0.15) is 20.3 Å². The number of aliphatic carboxylic acids is 1. The van der Waals surface area contributed by atoms with Crippen LogP contribution in [0.3, 0.4) is 0 Å². The molecule has 0 aliphatic carbocycles. The maximum absolute atomic E-state index is 11.3. The summed E-state index contributed by atoms with van der Waals surface area (Å²) < 4.78 is 24.7. The van der Waals surface area contributed by atoms with E-state index in [1.165, 1.54) is 6.08 Å². The molecule has 0 rings (SSSR count). The standard InChI is InChI=1S/C9H17NO4S/c1-4-5-15(13,14)10-8(9(11)12)6-7(2)3/h4,7-8,10H,1,5-6H2,2-3H3,(H,11,12)/t8-/m1/s1. The molecule has 0 fully saturated rings. The van der Waals surface area contributed by atoms with E-state index in [-0.39, 0.29) is 18.1 Å². The van der Waals surface area contributed by atoms with Crippen molar-refractivity contribution in [2.24, 2.45) is 5.92 Å². The number of hydrogen-bond donors (Lipinski definition) is 2. The van der Waals surface area contributed by atoms with Crippen LogP contribution in [-0.4, -0.2) is 31.3 Å². The highest BCUT2D eigenvalue weighted by Crippen LogP contribution is 2.06. The third-order valence-corrected chi connectivity index (χ3v) is 2.98. The van der Waals surface area contributed by atoms with Crippen LogP contribution in [0.4, 0.5) is 0 Å². The van der Waals surface area contributed by atoms with Crippen LogP contribution in [0.15, 0.2) is 12.7 Å². The number of carboxylic acid groups (broad SMARTS) is 1.